The smallest absolute Gasteiger partial charge is 0.243 e. The van der Waals surface area contributed by atoms with Gasteiger partial charge >= 0.3 is 0 Å². The van der Waals surface area contributed by atoms with Crippen molar-refractivity contribution in [2.45, 2.75) is 13.8 Å². The van der Waals surface area contributed by atoms with Crippen molar-refractivity contribution >= 4 is 40.5 Å². The number of hydrogen-bond acceptors (Lipinski definition) is 3. The first-order valence-electron chi connectivity index (χ1n) is 7.22. The van der Waals surface area contributed by atoms with Crippen molar-refractivity contribution in [2.75, 3.05) is 22.5 Å². The Morgan fingerprint density at radius 2 is 1.83 bits per heavy atom. The van der Waals surface area contributed by atoms with Crippen LogP contribution in [0.5, 0.6) is 0 Å². The van der Waals surface area contributed by atoms with Crippen molar-refractivity contribution in [1.29, 1.82) is 0 Å². The van der Waals surface area contributed by atoms with E-state index in [1.165, 1.54) is 13.0 Å². The first-order valence-corrected chi connectivity index (χ1v) is 7.60. The number of carbonyl (C=O) groups excluding carboxylic acids is 2. The number of halogens is 2. The number of nitrogens with one attached hydrogen (secondary N) is 3. The zero-order valence-corrected chi connectivity index (χ0v) is 14.0. The Bertz CT molecular complexity index is 780. The van der Waals surface area contributed by atoms with Crippen LogP contribution in [0.15, 0.2) is 36.4 Å². The lowest BCUT2D eigenvalue weighted by atomic mass is 10.2. The Hall–Kier alpha value is -2.60. The van der Waals surface area contributed by atoms with Gasteiger partial charge in [0.2, 0.25) is 11.8 Å². The molecule has 0 aliphatic heterocycles. The highest BCUT2D eigenvalue weighted by Gasteiger charge is 2.08. The average molecular weight is 350 g/mol. The van der Waals surface area contributed by atoms with E-state index >= 15 is 0 Å². The highest BCUT2D eigenvalue weighted by molar-refractivity contribution is 6.31. The molecule has 3 N–H and O–H groups in total. The number of amides is 2. The number of rotatable bonds is 5. The second kappa shape index (κ2) is 7.79. The molecule has 0 radical (unpaired) electrons. The number of anilines is 3. The third-order valence-corrected chi connectivity index (χ3v) is 3.42. The summed E-state index contributed by atoms with van der Waals surface area (Å²) in [5.74, 6) is -0.976. The highest BCUT2D eigenvalue weighted by Crippen LogP contribution is 2.25. The molecule has 0 unspecified atom stereocenters. The van der Waals surface area contributed by atoms with E-state index in [4.69, 9.17) is 11.6 Å². The summed E-state index contributed by atoms with van der Waals surface area (Å²) in [6.07, 6.45) is 0. The minimum atomic E-state index is -0.386. The van der Waals surface area contributed by atoms with Crippen molar-refractivity contribution in [3.63, 3.8) is 0 Å². The van der Waals surface area contributed by atoms with Crippen LogP contribution >= 0.6 is 11.6 Å². The molecule has 0 bridgehead atoms. The fraction of sp³-hybridized carbons (Fsp3) is 0.176. The van der Waals surface area contributed by atoms with E-state index in [0.717, 1.165) is 0 Å². The lowest BCUT2D eigenvalue weighted by Crippen LogP contribution is -2.22. The fourth-order valence-corrected chi connectivity index (χ4v) is 2.18. The van der Waals surface area contributed by atoms with Crippen LogP contribution in [0.1, 0.15) is 12.5 Å². The monoisotopic (exact) mass is 349 g/mol. The van der Waals surface area contributed by atoms with E-state index in [1.54, 1.807) is 37.3 Å². The quantitative estimate of drug-likeness (QED) is 0.769. The van der Waals surface area contributed by atoms with Crippen LogP contribution in [0.4, 0.5) is 21.5 Å². The summed E-state index contributed by atoms with van der Waals surface area (Å²) in [4.78, 5) is 23.2. The van der Waals surface area contributed by atoms with Gasteiger partial charge in [-0.25, -0.2) is 4.39 Å². The third-order valence-electron chi connectivity index (χ3n) is 3.19. The average Bonchev–Trinajstić information content (AvgIpc) is 2.51. The Morgan fingerprint density at radius 3 is 2.50 bits per heavy atom. The van der Waals surface area contributed by atoms with E-state index in [9.17, 15) is 14.0 Å². The maximum Gasteiger partial charge on any atom is 0.243 e. The molecule has 126 valence electrons. The van der Waals surface area contributed by atoms with Gasteiger partial charge in [0.1, 0.15) is 5.82 Å². The van der Waals surface area contributed by atoms with E-state index < -0.39 is 0 Å². The van der Waals surface area contributed by atoms with Gasteiger partial charge in [0.15, 0.2) is 0 Å². The summed E-state index contributed by atoms with van der Waals surface area (Å²) < 4.78 is 13.5. The molecular formula is C17H17ClFN3O2. The van der Waals surface area contributed by atoms with Crippen molar-refractivity contribution in [3.8, 4) is 0 Å². The lowest BCUT2D eigenvalue weighted by molar-refractivity contribution is -0.115. The van der Waals surface area contributed by atoms with Crippen LogP contribution < -0.4 is 16.0 Å². The summed E-state index contributed by atoms with van der Waals surface area (Å²) >= 11 is 5.94. The van der Waals surface area contributed by atoms with Gasteiger partial charge in [-0.05, 0) is 42.8 Å². The second-order valence-electron chi connectivity index (χ2n) is 5.24. The van der Waals surface area contributed by atoms with Gasteiger partial charge in [0.05, 0.1) is 17.9 Å². The molecule has 2 rings (SSSR count). The Morgan fingerprint density at radius 1 is 1.08 bits per heavy atom. The van der Waals surface area contributed by atoms with Gasteiger partial charge in [-0.1, -0.05) is 17.7 Å². The van der Waals surface area contributed by atoms with Crippen LogP contribution in [0.2, 0.25) is 5.02 Å². The van der Waals surface area contributed by atoms with Gasteiger partial charge in [-0.3, -0.25) is 9.59 Å². The van der Waals surface area contributed by atoms with E-state index in [2.05, 4.69) is 16.0 Å². The fourth-order valence-electron chi connectivity index (χ4n) is 2.01. The number of carbonyl (C=O) groups is 2. The molecule has 2 aromatic carbocycles. The zero-order chi connectivity index (χ0) is 17.7. The van der Waals surface area contributed by atoms with E-state index in [-0.39, 0.29) is 24.2 Å². The Labute approximate surface area is 144 Å². The molecule has 0 aromatic heterocycles. The lowest BCUT2D eigenvalue weighted by Gasteiger charge is -2.13. The molecule has 0 saturated carbocycles. The Kier molecular flexibility index (Phi) is 5.76. The first-order chi connectivity index (χ1) is 11.3. The molecule has 2 amide bonds. The molecule has 0 heterocycles. The summed E-state index contributed by atoms with van der Waals surface area (Å²) in [6.45, 7) is 2.96. The largest absolute Gasteiger partial charge is 0.374 e. The van der Waals surface area contributed by atoms with Gasteiger partial charge in [-0.2, -0.15) is 0 Å². The molecule has 0 aliphatic rings. The van der Waals surface area contributed by atoms with Crippen molar-refractivity contribution in [1.82, 2.24) is 0 Å². The van der Waals surface area contributed by atoms with Gasteiger partial charge < -0.3 is 16.0 Å². The minimum Gasteiger partial charge on any atom is -0.374 e. The van der Waals surface area contributed by atoms with Gasteiger partial charge in [-0.15, -0.1) is 0 Å². The van der Waals surface area contributed by atoms with Crippen LogP contribution in [0.25, 0.3) is 0 Å². The molecular weight excluding hydrogens is 333 g/mol. The molecule has 2 aromatic rings. The third kappa shape index (κ3) is 4.96. The Balaban J connectivity index is 2.01. The molecule has 0 atom stereocenters. The molecule has 0 saturated heterocycles. The topological polar surface area (TPSA) is 70.2 Å². The highest BCUT2D eigenvalue weighted by atomic mass is 35.5. The molecule has 5 nitrogen and oxygen atoms in total. The predicted octanol–water partition coefficient (Wildman–Crippen LogP) is 3.80. The van der Waals surface area contributed by atoms with Crippen molar-refractivity contribution < 1.29 is 14.0 Å². The molecule has 0 aliphatic carbocycles. The van der Waals surface area contributed by atoms with Gasteiger partial charge in [0.25, 0.3) is 0 Å². The minimum absolute atomic E-state index is 0.0670. The number of hydrogen-bond donors (Lipinski definition) is 3. The number of benzene rings is 2. The summed E-state index contributed by atoms with van der Waals surface area (Å²) in [5, 5.41) is 8.61. The first kappa shape index (κ1) is 17.7. The second-order valence-corrected chi connectivity index (χ2v) is 5.67. The van der Waals surface area contributed by atoms with E-state index in [0.29, 0.717) is 27.6 Å². The zero-order valence-electron chi connectivity index (χ0n) is 13.2. The normalized spacial score (nSPS) is 10.2. The number of aryl methyl sites for hydroxylation is 1. The maximum atomic E-state index is 13.5. The van der Waals surface area contributed by atoms with Crippen LogP contribution in [-0.4, -0.2) is 18.4 Å². The standard InChI is InChI=1S/C17H17ClFN3O2/c1-10-3-5-13(8-14(10)19)22-17(24)9-20-16-7-12(18)4-6-15(16)21-11(2)23/h3-8,20H,9H2,1-2H3,(H,21,23)(H,22,24). The maximum absolute atomic E-state index is 13.5. The van der Waals surface area contributed by atoms with Crippen LogP contribution in [-0.2, 0) is 9.59 Å². The summed E-state index contributed by atoms with van der Waals surface area (Å²) in [7, 11) is 0. The van der Waals surface area contributed by atoms with Crippen LogP contribution in [0.3, 0.4) is 0 Å². The molecule has 0 fully saturated rings. The van der Waals surface area contributed by atoms with Crippen molar-refractivity contribution in [2.24, 2.45) is 0 Å². The van der Waals surface area contributed by atoms with Gasteiger partial charge in [0, 0.05) is 17.6 Å². The summed E-state index contributed by atoms with van der Waals surface area (Å²) in [6, 6.07) is 9.34. The van der Waals surface area contributed by atoms with E-state index in [1.807, 2.05) is 0 Å². The summed E-state index contributed by atoms with van der Waals surface area (Å²) in [5.41, 5.74) is 1.91. The molecule has 0 spiro atoms. The SMILES string of the molecule is CC(=O)Nc1ccc(Cl)cc1NCC(=O)Nc1ccc(C)c(F)c1. The molecule has 24 heavy (non-hydrogen) atoms. The molecule has 7 heteroatoms. The predicted molar refractivity (Wildman–Crippen MR) is 94.0 cm³/mol. The van der Waals surface area contributed by atoms with Crippen molar-refractivity contribution in [3.05, 3.63) is 52.8 Å². The van der Waals surface area contributed by atoms with Crippen LogP contribution in [0, 0.1) is 12.7 Å².